The molecule has 0 aromatic heterocycles. The van der Waals surface area contributed by atoms with Gasteiger partial charge in [-0.2, -0.15) is 0 Å². The third-order valence-electron chi connectivity index (χ3n) is 2.58. The number of hydrogen-bond donors (Lipinski definition) is 0. The molecule has 1 aliphatic rings. The quantitative estimate of drug-likeness (QED) is 0.728. The van der Waals surface area contributed by atoms with Crippen LogP contribution < -0.4 is 0 Å². The number of benzene rings is 1. The summed E-state index contributed by atoms with van der Waals surface area (Å²) in [5, 5.41) is 0.697. The van der Waals surface area contributed by atoms with E-state index in [2.05, 4.69) is 30.3 Å². The second-order valence-electron chi connectivity index (χ2n) is 4.07. The highest BCUT2D eigenvalue weighted by molar-refractivity contribution is 8.23. The summed E-state index contributed by atoms with van der Waals surface area (Å²) in [5.74, 6) is 0.717. The lowest BCUT2D eigenvalue weighted by Gasteiger charge is -2.12. The van der Waals surface area contributed by atoms with Gasteiger partial charge in [0.15, 0.2) is 0 Å². The van der Waals surface area contributed by atoms with Crippen LogP contribution >= 0.6 is 24.0 Å². The first kappa shape index (κ1) is 11.0. The first-order chi connectivity index (χ1) is 7.18. The molecule has 0 amide bonds. The lowest BCUT2D eigenvalue weighted by Crippen LogP contribution is -2.16. The summed E-state index contributed by atoms with van der Waals surface area (Å²) in [6, 6.07) is 10.7. The molecule has 1 saturated carbocycles. The molecular formula is C12H15NS2. The van der Waals surface area contributed by atoms with Crippen LogP contribution in [0.1, 0.15) is 17.9 Å². The first-order valence-corrected chi connectivity index (χ1v) is 6.40. The van der Waals surface area contributed by atoms with Crippen LogP contribution in [0, 0.1) is 0 Å². The molecule has 1 unspecified atom stereocenters. The highest BCUT2D eigenvalue weighted by Crippen LogP contribution is 2.49. The predicted octanol–water partition coefficient (Wildman–Crippen LogP) is 3.12. The van der Waals surface area contributed by atoms with Gasteiger partial charge in [0, 0.05) is 19.3 Å². The van der Waals surface area contributed by atoms with Gasteiger partial charge >= 0.3 is 0 Å². The van der Waals surface area contributed by atoms with Gasteiger partial charge in [-0.05, 0) is 17.9 Å². The van der Waals surface area contributed by atoms with Crippen LogP contribution in [0.15, 0.2) is 30.3 Å². The summed E-state index contributed by atoms with van der Waals surface area (Å²) < 4.78 is 0.999. The number of nitrogens with zero attached hydrogens (tertiary/aromatic N) is 1. The van der Waals surface area contributed by atoms with Crippen LogP contribution in [0.5, 0.6) is 0 Å². The van der Waals surface area contributed by atoms with Gasteiger partial charge in [-0.1, -0.05) is 54.3 Å². The summed E-state index contributed by atoms with van der Waals surface area (Å²) in [6.07, 6.45) is 1.27. The van der Waals surface area contributed by atoms with Crippen molar-refractivity contribution in [1.29, 1.82) is 0 Å². The minimum atomic E-state index is 0.697. The van der Waals surface area contributed by atoms with E-state index in [0.717, 1.165) is 4.32 Å². The van der Waals surface area contributed by atoms with E-state index in [4.69, 9.17) is 12.2 Å². The van der Waals surface area contributed by atoms with Crippen LogP contribution in [0.4, 0.5) is 0 Å². The minimum absolute atomic E-state index is 0.697. The standard InChI is InChI=1S/C12H15NS2/c1-13(2)12(14)15-11-8-10(11)9-6-4-3-5-7-9/h3-7,10-11H,8H2,1-2H3/t10-,11?/m1/s1. The Hall–Kier alpha value is -0.540. The van der Waals surface area contributed by atoms with Crippen molar-refractivity contribution >= 4 is 28.3 Å². The van der Waals surface area contributed by atoms with Crippen molar-refractivity contribution in [1.82, 2.24) is 4.90 Å². The van der Waals surface area contributed by atoms with Crippen LogP contribution in [0.2, 0.25) is 0 Å². The Morgan fingerprint density at radius 2 is 2.00 bits per heavy atom. The third-order valence-corrected chi connectivity index (χ3v) is 4.62. The average Bonchev–Trinajstić information content (AvgIpc) is 2.98. The van der Waals surface area contributed by atoms with Crippen LogP contribution in [0.25, 0.3) is 0 Å². The van der Waals surface area contributed by atoms with Gasteiger partial charge in [-0.15, -0.1) is 0 Å². The zero-order valence-corrected chi connectivity index (χ0v) is 10.6. The zero-order chi connectivity index (χ0) is 10.8. The van der Waals surface area contributed by atoms with E-state index in [9.17, 15) is 0 Å². The Kier molecular flexibility index (Phi) is 3.32. The van der Waals surface area contributed by atoms with Gasteiger partial charge in [0.05, 0.1) is 0 Å². The fraction of sp³-hybridized carbons (Fsp3) is 0.417. The Bertz CT molecular complexity index is 348. The average molecular weight is 237 g/mol. The van der Waals surface area contributed by atoms with Crippen molar-refractivity contribution in [3.8, 4) is 0 Å². The first-order valence-electron chi connectivity index (χ1n) is 5.11. The topological polar surface area (TPSA) is 3.24 Å². The van der Waals surface area contributed by atoms with Crippen molar-refractivity contribution in [2.45, 2.75) is 17.6 Å². The van der Waals surface area contributed by atoms with Gasteiger partial charge in [0.25, 0.3) is 0 Å². The van der Waals surface area contributed by atoms with Crippen molar-refractivity contribution in [3.05, 3.63) is 35.9 Å². The van der Waals surface area contributed by atoms with E-state index in [1.54, 1.807) is 0 Å². The molecule has 0 heterocycles. The maximum Gasteiger partial charge on any atom is 0.136 e. The fourth-order valence-corrected chi connectivity index (χ4v) is 3.05. The van der Waals surface area contributed by atoms with E-state index in [-0.39, 0.29) is 0 Å². The van der Waals surface area contributed by atoms with Crippen LogP contribution in [0.3, 0.4) is 0 Å². The van der Waals surface area contributed by atoms with E-state index >= 15 is 0 Å². The number of thioether (sulfide) groups is 1. The molecule has 3 heteroatoms. The summed E-state index contributed by atoms with van der Waals surface area (Å²) in [7, 11) is 4.02. The molecule has 15 heavy (non-hydrogen) atoms. The zero-order valence-electron chi connectivity index (χ0n) is 9.01. The lowest BCUT2D eigenvalue weighted by molar-refractivity contribution is 0.648. The molecule has 80 valence electrons. The number of hydrogen-bond acceptors (Lipinski definition) is 2. The highest BCUT2D eigenvalue weighted by atomic mass is 32.2. The molecule has 0 bridgehead atoms. The Morgan fingerprint density at radius 3 is 2.60 bits per heavy atom. The smallest absolute Gasteiger partial charge is 0.136 e. The third kappa shape index (κ3) is 2.73. The largest absolute Gasteiger partial charge is 0.364 e. The molecule has 1 nitrogen and oxygen atoms in total. The molecular weight excluding hydrogens is 222 g/mol. The van der Waals surface area contributed by atoms with Crippen LogP contribution in [-0.4, -0.2) is 28.6 Å². The molecule has 0 N–H and O–H groups in total. The van der Waals surface area contributed by atoms with E-state index in [0.29, 0.717) is 11.2 Å². The fourth-order valence-electron chi connectivity index (χ4n) is 1.59. The van der Waals surface area contributed by atoms with Crippen molar-refractivity contribution in [2.75, 3.05) is 14.1 Å². The summed E-state index contributed by atoms with van der Waals surface area (Å²) in [5.41, 5.74) is 1.46. The van der Waals surface area contributed by atoms with Crippen LogP contribution in [-0.2, 0) is 0 Å². The summed E-state index contributed by atoms with van der Waals surface area (Å²) in [4.78, 5) is 2.01. The van der Waals surface area contributed by atoms with Gasteiger partial charge in [-0.3, -0.25) is 0 Å². The maximum atomic E-state index is 5.29. The molecule has 2 rings (SSSR count). The van der Waals surface area contributed by atoms with Gasteiger partial charge in [0.1, 0.15) is 4.32 Å². The van der Waals surface area contributed by atoms with Gasteiger partial charge in [-0.25, -0.2) is 0 Å². The Morgan fingerprint density at radius 1 is 1.33 bits per heavy atom. The second kappa shape index (κ2) is 4.54. The number of rotatable bonds is 2. The SMILES string of the molecule is CN(C)C(=S)SC1C[C@@H]1c1ccccc1. The Labute approximate surface area is 101 Å². The van der Waals surface area contributed by atoms with Crippen molar-refractivity contribution in [2.24, 2.45) is 0 Å². The highest BCUT2D eigenvalue weighted by Gasteiger charge is 2.39. The molecule has 1 aliphatic carbocycles. The summed E-state index contributed by atoms with van der Waals surface area (Å²) >= 11 is 7.12. The minimum Gasteiger partial charge on any atom is -0.364 e. The number of thiocarbonyl (C=S) groups is 1. The monoisotopic (exact) mass is 237 g/mol. The van der Waals surface area contributed by atoms with Crippen molar-refractivity contribution in [3.63, 3.8) is 0 Å². The summed E-state index contributed by atoms with van der Waals surface area (Å²) in [6.45, 7) is 0. The van der Waals surface area contributed by atoms with E-state index < -0.39 is 0 Å². The molecule has 0 aliphatic heterocycles. The van der Waals surface area contributed by atoms with E-state index in [1.165, 1.54) is 12.0 Å². The molecule has 1 aromatic carbocycles. The Balaban J connectivity index is 1.89. The predicted molar refractivity (Wildman–Crippen MR) is 71.5 cm³/mol. The lowest BCUT2D eigenvalue weighted by atomic mass is 10.1. The molecule has 2 atom stereocenters. The van der Waals surface area contributed by atoms with Gasteiger partial charge in [0.2, 0.25) is 0 Å². The molecule has 1 fully saturated rings. The molecule has 1 aromatic rings. The normalized spacial score (nSPS) is 23.6. The van der Waals surface area contributed by atoms with Crippen molar-refractivity contribution < 1.29 is 0 Å². The second-order valence-corrected chi connectivity index (χ2v) is 5.94. The maximum absolute atomic E-state index is 5.29. The van der Waals surface area contributed by atoms with Gasteiger partial charge < -0.3 is 4.90 Å². The molecule has 0 radical (unpaired) electrons. The molecule has 0 saturated heterocycles. The van der Waals surface area contributed by atoms with E-state index in [1.807, 2.05) is 30.8 Å². The molecule has 0 spiro atoms.